The lowest BCUT2D eigenvalue weighted by Gasteiger charge is -2.26. The number of carbonyl (C=O) groups is 1. The maximum absolute atomic E-state index is 12.7. The molecule has 2 aromatic rings. The summed E-state index contributed by atoms with van der Waals surface area (Å²) in [5.74, 6) is 0.515. The van der Waals surface area contributed by atoms with Crippen LogP contribution in [0.15, 0.2) is 22.5 Å². The van der Waals surface area contributed by atoms with E-state index in [1.54, 1.807) is 14.0 Å². The fourth-order valence-electron chi connectivity index (χ4n) is 2.85. The van der Waals surface area contributed by atoms with Gasteiger partial charge in [-0.1, -0.05) is 24.3 Å². The van der Waals surface area contributed by atoms with Gasteiger partial charge in [0, 0.05) is 12.5 Å². The van der Waals surface area contributed by atoms with Gasteiger partial charge in [-0.05, 0) is 42.5 Å². The van der Waals surface area contributed by atoms with Crippen LogP contribution in [0.3, 0.4) is 0 Å². The van der Waals surface area contributed by atoms with Crippen LogP contribution in [0.2, 0.25) is 0 Å². The minimum absolute atomic E-state index is 0.162. The number of benzene rings is 1. The van der Waals surface area contributed by atoms with Crippen molar-refractivity contribution in [3.63, 3.8) is 0 Å². The first-order valence-electron chi connectivity index (χ1n) is 8.25. The van der Waals surface area contributed by atoms with Crippen molar-refractivity contribution in [1.29, 1.82) is 0 Å². The second kappa shape index (κ2) is 7.68. The molecule has 0 spiro atoms. The van der Waals surface area contributed by atoms with Crippen molar-refractivity contribution in [1.82, 2.24) is 14.9 Å². The molecule has 0 unspecified atom stereocenters. The lowest BCUT2D eigenvalue weighted by atomic mass is 9.88. The van der Waals surface area contributed by atoms with Crippen LogP contribution in [0.1, 0.15) is 43.4 Å². The third kappa shape index (κ3) is 4.02. The summed E-state index contributed by atoms with van der Waals surface area (Å²) in [5, 5.41) is 10.1. The Morgan fingerprint density at radius 2 is 2.19 bits per heavy atom. The minimum Gasteiger partial charge on any atom is -0.497 e. The standard InChI is InChI=1S/C16H20N4O4S2/c1-3-14(21)17-15-18-19-16(25-15)26(22,23)20-13-6-4-5-10-9-11(24-2)7-8-12(10)13/h7-9,13,20H,3-6H2,1-2H3,(H,17,18,21)/t13-/m0/s1. The Balaban J connectivity index is 1.80. The third-order valence-electron chi connectivity index (χ3n) is 4.17. The maximum atomic E-state index is 12.7. The number of fused-ring (bicyclic) bond motifs is 1. The molecule has 1 aromatic carbocycles. The van der Waals surface area contributed by atoms with Gasteiger partial charge in [0.2, 0.25) is 15.4 Å². The van der Waals surface area contributed by atoms with Gasteiger partial charge < -0.3 is 10.1 Å². The molecule has 1 aromatic heterocycles. The number of aromatic nitrogens is 2. The van der Waals surface area contributed by atoms with Crippen LogP contribution in [-0.2, 0) is 21.2 Å². The van der Waals surface area contributed by atoms with Crippen LogP contribution in [0.4, 0.5) is 5.13 Å². The summed E-state index contributed by atoms with van der Waals surface area (Å²) >= 11 is 0.835. The summed E-state index contributed by atoms with van der Waals surface area (Å²) in [6, 6.07) is 5.34. The van der Waals surface area contributed by atoms with Crippen molar-refractivity contribution < 1.29 is 17.9 Å². The summed E-state index contributed by atoms with van der Waals surface area (Å²) in [7, 11) is -2.22. The highest BCUT2D eigenvalue weighted by Gasteiger charge is 2.28. The predicted molar refractivity (Wildman–Crippen MR) is 97.8 cm³/mol. The highest BCUT2D eigenvalue weighted by Crippen LogP contribution is 2.33. The molecule has 0 radical (unpaired) electrons. The number of nitrogens with one attached hydrogen (secondary N) is 2. The highest BCUT2D eigenvalue weighted by molar-refractivity contribution is 7.91. The second-order valence-corrected chi connectivity index (χ2v) is 8.77. The van der Waals surface area contributed by atoms with Crippen LogP contribution in [0.5, 0.6) is 5.75 Å². The van der Waals surface area contributed by atoms with E-state index >= 15 is 0 Å². The molecule has 0 saturated heterocycles. The molecule has 140 valence electrons. The number of nitrogens with zero attached hydrogens (tertiary/aromatic N) is 2. The average molecular weight is 396 g/mol. The van der Waals surface area contributed by atoms with Crippen LogP contribution in [-0.4, -0.2) is 31.6 Å². The van der Waals surface area contributed by atoms with Gasteiger partial charge in [-0.3, -0.25) is 4.79 Å². The molecule has 0 aliphatic heterocycles. The van der Waals surface area contributed by atoms with Crippen LogP contribution < -0.4 is 14.8 Å². The zero-order valence-electron chi connectivity index (χ0n) is 14.5. The third-order valence-corrected chi connectivity index (χ3v) is 6.84. The largest absolute Gasteiger partial charge is 0.497 e. The normalized spacial score (nSPS) is 16.8. The number of anilines is 1. The van der Waals surface area contributed by atoms with E-state index in [4.69, 9.17) is 4.74 Å². The van der Waals surface area contributed by atoms with Crippen molar-refractivity contribution in [3.05, 3.63) is 29.3 Å². The highest BCUT2D eigenvalue weighted by atomic mass is 32.2. The Morgan fingerprint density at radius 3 is 2.92 bits per heavy atom. The number of carbonyl (C=O) groups excluding carboxylic acids is 1. The van der Waals surface area contributed by atoms with Crippen molar-refractivity contribution >= 4 is 32.4 Å². The Bertz CT molecular complexity index is 911. The number of rotatable bonds is 6. The molecule has 8 nitrogen and oxygen atoms in total. The Morgan fingerprint density at radius 1 is 1.38 bits per heavy atom. The molecular weight excluding hydrogens is 376 g/mol. The van der Waals surface area contributed by atoms with E-state index in [2.05, 4.69) is 20.2 Å². The number of ether oxygens (including phenoxy) is 1. The Kier molecular flexibility index (Phi) is 5.54. The summed E-state index contributed by atoms with van der Waals surface area (Å²) in [6.07, 6.45) is 2.75. The van der Waals surface area contributed by atoms with Gasteiger partial charge >= 0.3 is 0 Å². The zero-order chi connectivity index (χ0) is 18.7. The molecular formula is C16H20N4O4S2. The molecule has 0 fully saturated rings. The van der Waals surface area contributed by atoms with Crippen molar-refractivity contribution in [2.24, 2.45) is 0 Å². The van der Waals surface area contributed by atoms with Gasteiger partial charge in [-0.2, -0.15) is 0 Å². The quantitative estimate of drug-likeness (QED) is 0.725. The molecule has 1 heterocycles. The van der Waals surface area contributed by atoms with E-state index in [0.29, 0.717) is 6.42 Å². The number of hydrogen-bond donors (Lipinski definition) is 2. The monoisotopic (exact) mass is 396 g/mol. The molecule has 10 heteroatoms. The average Bonchev–Trinajstić information content (AvgIpc) is 3.10. The lowest BCUT2D eigenvalue weighted by Crippen LogP contribution is -2.31. The smallest absolute Gasteiger partial charge is 0.270 e. The van der Waals surface area contributed by atoms with E-state index in [1.807, 2.05) is 18.2 Å². The molecule has 3 rings (SSSR count). The molecule has 1 amide bonds. The minimum atomic E-state index is -3.83. The van der Waals surface area contributed by atoms with Gasteiger partial charge in [0.25, 0.3) is 10.0 Å². The van der Waals surface area contributed by atoms with Gasteiger partial charge in [0.05, 0.1) is 7.11 Å². The van der Waals surface area contributed by atoms with Crippen LogP contribution >= 0.6 is 11.3 Å². The SMILES string of the molecule is CCC(=O)Nc1nnc(S(=O)(=O)N[C@H]2CCCc3cc(OC)ccc32)s1. The first kappa shape index (κ1) is 18.7. The first-order chi connectivity index (χ1) is 12.4. The van der Waals surface area contributed by atoms with Gasteiger partial charge in [-0.15, -0.1) is 10.2 Å². The first-order valence-corrected chi connectivity index (χ1v) is 10.6. The van der Waals surface area contributed by atoms with Crippen molar-refractivity contribution in [3.8, 4) is 5.75 Å². The van der Waals surface area contributed by atoms with Gasteiger partial charge in [-0.25, -0.2) is 13.1 Å². The predicted octanol–water partition coefficient (Wildman–Crippen LogP) is 2.25. The molecule has 1 aliphatic carbocycles. The van der Waals surface area contributed by atoms with Crippen molar-refractivity contribution in [2.75, 3.05) is 12.4 Å². The molecule has 2 N–H and O–H groups in total. The van der Waals surface area contributed by atoms with Crippen molar-refractivity contribution in [2.45, 2.75) is 43.0 Å². The number of amides is 1. The summed E-state index contributed by atoms with van der Waals surface area (Å²) in [6.45, 7) is 1.70. The number of sulfonamides is 1. The Hall–Kier alpha value is -2.04. The number of methoxy groups -OCH3 is 1. The lowest BCUT2D eigenvalue weighted by molar-refractivity contribution is -0.115. The molecule has 26 heavy (non-hydrogen) atoms. The number of aryl methyl sites for hydroxylation is 1. The molecule has 1 aliphatic rings. The zero-order valence-corrected chi connectivity index (χ0v) is 16.1. The molecule has 0 bridgehead atoms. The summed E-state index contributed by atoms with van der Waals surface area (Å²) < 4.78 is 33.1. The van der Waals surface area contributed by atoms with Crippen LogP contribution in [0.25, 0.3) is 0 Å². The summed E-state index contributed by atoms with van der Waals surface area (Å²) in [4.78, 5) is 11.4. The van der Waals surface area contributed by atoms with E-state index in [0.717, 1.165) is 41.1 Å². The van der Waals surface area contributed by atoms with E-state index in [-0.39, 0.29) is 27.8 Å². The fourth-order valence-corrected chi connectivity index (χ4v) is 5.04. The summed E-state index contributed by atoms with van der Waals surface area (Å²) in [5.41, 5.74) is 2.03. The van der Waals surface area contributed by atoms with Crippen LogP contribution in [0, 0.1) is 0 Å². The molecule has 1 atom stereocenters. The Labute approximate surface area is 156 Å². The van der Waals surface area contributed by atoms with E-state index in [9.17, 15) is 13.2 Å². The molecule has 0 saturated carbocycles. The topological polar surface area (TPSA) is 110 Å². The van der Waals surface area contributed by atoms with Gasteiger partial charge in [0.15, 0.2) is 0 Å². The maximum Gasteiger partial charge on any atom is 0.270 e. The second-order valence-electron chi connectivity index (χ2n) is 5.91. The van der Waals surface area contributed by atoms with E-state index < -0.39 is 10.0 Å². The fraction of sp³-hybridized carbons (Fsp3) is 0.438. The van der Waals surface area contributed by atoms with E-state index in [1.165, 1.54) is 0 Å². The number of hydrogen-bond acceptors (Lipinski definition) is 7. The van der Waals surface area contributed by atoms with Gasteiger partial charge in [0.1, 0.15) is 5.75 Å².